The molecule has 2 amide bonds. The number of ether oxygens (including phenoxy) is 1. The number of piperidine rings is 1. The van der Waals surface area contributed by atoms with Crippen molar-refractivity contribution in [3.63, 3.8) is 0 Å². The van der Waals surface area contributed by atoms with Crippen LogP contribution >= 0.6 is 0 Å². The molecule has 1 fully saturated rings. The lowest BCUT2D eigenvalue weighted by Crippen LogP contribution is -2.43. The molecule has 1 saturated heterocycles. The van der Waals surface area contributed by atoms with Crippen molar-refractivity contribution in [2.75, 3.05) is 26.7 Å². The van der Waals surface area contributed by atoms with Crippen LogP contribution in [0.3, 0.4) is 0 Å². The van der Waals surface area contributed by atoms with Gasteiger partial charge in [0, 0.05) is 31.1 Å². The van der Waals surface area contributed by atoms with E-state index in [-0.39, 0.29) is 17.7 Å². The summed E-state index contributed by atoms with van der Waals surface area (Å²) in [6, 6.07) is 7.14. The molecule has 5 nitrogen and oxygen atoms in total. The quantitative estimate of drug-likeness (QED) is 0.906. The maximum Gasteiger partial charge on any atom is 0.253 e. The summed E-state index contributed by atoms with van der Waals surface area (Å²) < 4.78 is 5.10. The number of likely N-dealkylation sites (tertiary alicyclic amines) is 1. The van der Waals surface area contributed by atoms with Crippen molar-refractivity contribution in [3.05, 3.63) is 29.8 Å². The third kappa shape index (κ3) is 4.00. The first-order chi connectivity index (χ1) is 10.7. The van der Waals surface area contributed by atoms with Crippen LogP contribution in [0.15, 0.2) is 24.3 Å². The van der Waals surface area contributed by atoms with Gasteiger partial charge in [-0.1, -0.05) is 6.92 Å². The molecule has 0 aromatic heterocycles. The van der Waals surface area contributed by atoms with Crippen molar-refractivity contribution in [3.8, 4) is 5.75 Å². The molecule has 0 aliphatic carbocycles. The molecule has 1 heterocycles. The second-order valence-electron chi connectivity index (χ2n) is 5.59. The lowest BCUT2D eigenvalue weighted by molar-refractivity contribution is -0.126. The third-order valence-corrected chi connectivity index (χ3v) is 4.04. The van der Waals surface area contributed by atoms with Gasteiger partial charge in [-0.3, -0.25) is 9.59 Å². The molecule has 0 saturated carbocycles. The molecular weight excluding hydrogens is 280 g/mol. The Hall–Kier alpha value is -2.04. The topological polar surface area (TPSA) is 58.6 Å². The van der Waals surface area contributed by atoms with Crippen molar-refractivity contribution in [2.45, 2.75) is 26.2 Å². The van der Waals surface area contributed by atoms with E-state index in [0.717, 1.165) is 31.6 Å². The average Bonchev–Trinajstić information content (AvgIpc) is 2.59. The number of methoxy groups -OCH3 is 1. The number of rotatable bonds is 5. The molecule has 0 unspecified atom stereocenters. The number of nitrogens with one attached hydrogen (secondary N) is 1. The first kappa shape index (κ1) is 16.3. The average molecular weight is 304 g/mol. The highest BCUT2D eigenvalue weighted by Crippen LogP contribution is 2.20. The van der Waals surface area contributed by atoms with E-state index in [1.807, 2.05) is 11.8 Å². The summed E-state index contributed by atoms with van der Waals surface area (Å²) in [6.07, 6.45) is 2.41. The van der Waals surface area contributed by atoms with E-state index in [1.165, 1.54) is 0 Å². The van der Waals surface area contributed by atoms with Gasteiger partial charge in [-0.2, -0.15) is 0 Å². The van der Waals surface area contributed by atoms with E-state index in [2.05, 4.69) is 5.32 Å². The van der Waals surface area contributed by atoms with Crippen LogP contribution in [0.2, 0.25) is 0 Å². The molecule has 22 heavy (non-hydrogen) atoms. The standard InChI is InChI=1S/C17H24N2O3/c1-3-10-18-16(20)13-8-11-19(12-9-13)17(21)14-4-6-15(22-2)7-5-14/h4-7,13H,3,8-12H2,1-2H3,(H,18,20). The maximum absolute atomic E-state index is 12.4. The van der Waals surface area contributed by atoms with Crippen molar-refractivity contribution in [1.29, 1.82) is 0 Å². The Morgan fingerprint density at radius 2 is 1.86 bits per heavy atom. The van der Waals surface area contributed by atoms with Crippen molar-refractivity contribution < 1.29 is 14.3 Å². The summed E-state index contributed by atoms with van der Waals surface area (Å²) in [6.45, 7) is 4.03. The van der Waals surface area contributed by atoms with Crippen LogP contribution in [-0.2, 0) is 4.79 Å². The number of nitrogens with zero attached hydrogens (tertiary/aromatic N) is 1. The molecule has 1 aliphatic heterocycles. The predicted molar refractivity (Wildman–Crippen MR) is 84.9 cm³/mol. The Kier molecular flexibility index (Phi) is 5.81. The van der Waals surface area contributed by atoms with Crippen molar-refractivity contribution >= 4 is 11.8 Å². The van der Waals surface area contributed by atoms with E-state index in [1.54, 1.807) is 31.4 Å². The highest BCUT2D eigenvalue weighted by atomic mass is 16.5. The number of amides is 2. The zero-order valence-corrected chi connectivity index (χ0v) is 13.3. The zero-order valence-electron chi connectivity index (χ0n) is 13.3. The van der Waals surface area contributed by atoms with Gasteiger partial charge in [-0.05, 0) is 43.5 Å². The summed E-state index contributed by atoms with van der Waals surface area (Å²) in [5.74, 6) is 0.919. The SMILES string of the molecule is CCCNC(=O)C1CCN(C(=O)c2ccc(OC)cc2)CC1. The second-order valence-corrected chi connectivity index (χ2v) is 5.59. The lowest BCUT2D eigenvalue weighted by atomic mass is 9.95. The van der Waals surface area contributed by atoms with E-state index in [4.69, 9.17) is 4.74 Å². The number of carbonyl (C=O) groups excluding carboxylic acids is 2. The Balaban J connectivity index is 1.87. The Morgan fingerprint density at radius 3 is 2.41 bits per heavy atom. The molecule has 120 valence electrons. The van der Waals surface area contributed by atoms with Gasteiger partial charge in [-0.25, -0.2) is 0 Å². The minimum absolute atomic E-state index is 0.0232. The lowest BCUT2D eigenvalue weighted by Gasteiger charge is -2.31. The fourth-order valence-corrected chi connectivity index (χ4v) is 2.65. The number of hydrogen-bond acceptors (Lipinski definition) is 3. The third-order valence-electron chi connectivity index (χ3n) is 4.04. The van der Waals surface area contributed by atoms with Crippen molar-refractivity contribution in [2.24, 2.45) is 5.92 Å². The van der Waals surface area contributed by atoms with E-state index in [9.17, 15) is 9.59 Å². The summed E-state index contributed by atoms with van der Waals surface area (Å²) in [5, 5.41) is 2.93. The second kappa shape index (κ2) is 7.82. The van der Waals surface area contributed by atoms with Gasteiger partial charge in [0.15, 0.2) is 0 Å². The first-order valence-electron chi connectivity index (χ1n) is 7.86. The highest BCUT2D eigenvalue weighted by Gasteiger charge is 2.27. The normalized spacial score (nSPS) is 15.5. The summed E-state index contributed by atoms with van der Waals surface area (Å²) >= 11 is 0. The molecule has 5 heteroatoms. The van der Waals surface area contributed by atoms with Gasteiger partial charge in [0.05, 0.1) is 7.11 Å². The van der Waals surface area contributed by atoms with E-state index in [0.29, 0.717) is 18.7 Å². The minimum atomic E-state index is 0.0232. The van der Waals surface area contributed by atoms with Crippen LogP contribution in [0.5, 0.6) is 5.75 Å². The van der Waals surface area contributed by atoms with Gasteiger partial charge >= 0.3 is 0 Å². The number of benzene rings is 1. The van der Waals surface area contributed by atoms with Crippen LogP contribution in [0.25, 0.3) is 0 Å². The number of hydrogen-bond donors (Lipinski definition) is 1. The van der Waals surface area contributed by atoms with Gasteiger partial charge in [0.2, 0.25) is 5.91 Å². The van der Waals surface area contributed by atoms with Crippen LogP contribution in [0, 0.1) is 5.92 Å². The summed E-state index contributed by atoms with van der Waals surface area (Å²) in [7, 11) is 1.60. The molecule has 0 radical (unpaired) electrons. The van der Waals surface area contributed by atoms with Crippen LogP contribution in [-0.4, -0.2) is 43.5 Å². The first-order valence-corrected chi connectivity index (χ1v) is 7.86. The Morgan fingerprint density at radius 1 is 1.23 bits per heavy atom. The molecule has 1 aromatic rings. The maximum atomic E-state index is 12.4. The predicted octanol–water partition coefficient (Wildman–Crippen LogP) is 2.07. The molecule has 0 spiro atoms. The molecule has 1 N–H and O–H groups in total. The van der Waals surface area contributed by atoms with Gasteiger partial charge < -0.3 is 15.0 Å². The monoisotopic (exact) mass is 304 g/mol. The van der Waals surface area contributed by atoms with Crippen LogP contribution < -0.4 is 10.1 Å². The zero-order chi connectivity index (χ0) is 15.9. The van der Waals surface area contributed by atoms with Crippen LogP contribution in [0.1, 0.15) is 36.5 Å². The molecule has 1 aromatic carbocycles. The Bertz CT molecular complexity index is 505. The molecule has 1 aliphatic rings. The smallest absolute Gasteiger partial charge is 0.253 e. The van der Waals surface area contributed by atoms with Gasteiger partial charge in [0.1, 0.15) is 5.75 Å². The van der Waals surface area contributed by atoms with E-state index < -0.39 is 0 Å². The summed E-state index contributed by atoms with van der Waals surface area (Å²) in [5.41, 5.74) is 0.662. The van der Waals surface area contributed by atoms with Crippen molar-refractivity contribution in [1.82, 2.24) is 10.2 Å². The minimum Gasteiger partial charge on any atom is -0.497 e. The highest BCUT2D eigenvalue weighted by molar-refractivity contribution is 5.94. The molecule has 0 atom stereocenters. The van der Waals surface area contributed by atoms with E-state index >= 15 is 0 Å². The number of carbonyl (C=O) groups is 2. The Labute approximate surface area is 131 Å². The van der Waals surface area contributed by atoms with Gasteiger partial charge in [-0.15, -0.1) is 0 Å². The van der Waals surface area contributed by atoms with Crippen LogP contribution in [0.4, 0.5) is 0 Å². The molecule has 2 rings (SSSR count). The largest absolute Gasteiger partial charge is 0.497 e. The fraction of sp³-hybridized carbons (Fsp3) is 0.529. The molecule has 0 bridgehead atoms. The molecular formula is C17H24N2O3. The summed E-state index contributed by atoms with van der Waals surface area (Å²) in [4.78, 5) is 26.2. The van der Waals surface area contributed by atoms with Gasteiger partial charge in [0.25, 0.3) is 5.91 Å². The fourth-order valence-electron chi connectivity index (χ4n) is 2.65.